The van der Waals surface area contributed by atoms with E-state index in [2.05, 4.69) is 10.00 Å². The number of hydrogen-bond donors (Lipinski definition) is 0. The van der Waals surface area contributed by atoms with Crippen molar-refractivity contribution in [2.45, 2.75) is 13.0 Å². The van der Waals surface area contributed by atoms with Crippen LogP contribution in [0.5, 0.6) is 5.75 Å². The van der Waals surface area contributed by atoms with Gasteiger partial charge in [-0.05, 0) is 14.1 Å². The second-order valence-electron chi connectivity index (χ2n) is 3.56. The normalized spacial score (nSPS) is 10.7. The molecule has 1 aromatic rings. The first-order valence-electron chi connectivity index (χ1n) is 4.86. The van der Waals surface area contributed by atoms with Crippen LogP contribution in [0.3, 0.4) is 0 Å². The number of methoxy groups -OCH3 is 1. The lowest BCUT2D eigenvalue weighted by atomic mass is 10.3. The quantitative estimate of drug-likeness (QED) is 0.630. The molecule has 0 saturated carbocycles. The first-order valence-corrected chi connectivity index (χ1v) is 4.86. The third kappa shape index (κ3) is 3.06. The van der Waals surface area contributed by atoms with Gasteiger partial charge in [0.25, 0.3) is 0 Å². The van der Waals surface area contributed by atoms with E-state index >= 15 is 0 Å². The molecule has 5 heteroatoms. The molecular formula is C10H17N3O2. The molecule has 0 radical (unpaired) electrons. The first-order chi connectivity index (χ1) is 7.19. The largest absolute Gasteiger partial charge is 0.493 e. The van der Waals surface area contributed by atoms with Crippen LogP contribution in [0.25, 0.3) is 0 Å². The van der Waals surface area contributed by atoms with Gasteiger partial charge in [-0.25, -0.2) is 0 Å². The molecular weight excluding hydrogens is 194 g/mol. The van der Waals surface area contributed by atoms with Gasteiger partial charge in [0.15, 0.2) is 5.75 Å². The van der Waals surface area contributed by atoms with Crippen molar-refractivity contribution in [3.63, 3.8) is 0 Å². The SMILES string of the molecule is COc1cnn(CCN(C)C)c1CC=O. The molecule has 15 heavy (non-hydrogen) atoms. The molecule has 0 spiro atoms. The number of carbonyl (C=O) groups is 1. The molecule has 1 heterocycles. The van der Waals surface area contributed by atoms with E-state index in [0.29, 0.717) is 12.2 Å². The molecule has 0 unspecified atom stereocenters. The van der Waals surface area contributed by atoms with E-state index in [1.807, 2.05) is 18.8 Å². The van der Waals surface area contributed by atoms with Crippen molar-refractivity contribution in [1.29, 1.82) is 0 Å². The zero-order chi connectivity index (χ0) is 11.3. The van der Waals surface area contributed by atoms with Crippen LogP contribution in [0.4, 0.5) is 0 Å². The zero-order valence-corrected chi connectivity index (χ0v) is 9.43. The van der Waals surface area contributed by atoms with Gasteiger partial charge in [-0.3, -0.25) is 4.68 Å². The predicted molar refractivity (Wildman–Crippen MR) is 57.1 cm³/mol. The lowest BCUT2D eigenvalue weighted by Crippen LogP contribution is -2.20. The Kier molecular flexibility index (Phi) is 4.30. The van der Waals surface area contributed by atoms with Crippen LogP contribution in [0.1, 0.15) is 5.69 Å². The Bertz CT molecular complexity index is 320. The molecule has 0 N–H and O–H groups in total. The zero-order valence-electron chi connectivity index (χ0n) is 9.43. The lowest BCUT2D eigenvalue weighted by molar-refractivity contribution is -0.107. The van der Waals surface area contributed by atoms with E-state index in [9.17, 15) is 4.79 Å². The monoisotopic (exact) mass is 211 g/mol. The molecule has 0 bridgehead atoms. The van der Waals surface area contributed by atoms with Gasteiger partial charge in [-0.15, -0.1) is 0 Å². The summed E-state index contributed by atoms with van der Waals surface area (Å²) >= 11 is 0. The highest BCUT2D eigenvalue weighted by Gasteiger charge is 2.10. The van der Waals surface area contributed by atoms with Gasteiger partial charge in [0.2, 0.25) is 0 Å². The number of rotatable bonds is 6. The number of likely N-dealkylation sites (N-methyl/N-ethyl adjacent to an activating group) is 1. The number of carbonyl (C=O) groups excluding carboxylic acids is 1. The molecule has 84 valence electrons. The summed E-state index contributed by atoms with van der Waals surface area (Å²) in [4.78, 5) is 12.6. The fourth-order valence-electron chi connectivity index (χ4n) is 1.34. The molecule has 1 rings (SSSR count). The summed E-state index contributed by atoms with van der Waals surface area (Å²) in [5.41, 5.74) is 0.842. The Morgan fingerprint density at radius 1 is 1.60 bits per heavy atom. The highest BCUT2D eigenvalue weighted by atomic mass is 16.5. The third-order valence-corrected chi connectivity index (χ3v) is 2.17. The van der Waals surface area contributed by atoms with Crippen molar-refractivity contribution in [3.05, 3.63) is 11.9 Å². The molecule has 0 aliphatic carbocycles. The maximum atomic E-state index is 10.5. The third-order valence-electron chi connectivity index (χ3n) is 2.17. The van der Waals surface area contributed by atoms with Gasteiger partial charge < -0.3 is 14.4 Å². The van der Waals surface area contributed by atoms with Crippen LogP contribution in [0.15, 0.2) is 6.20 Å². The number of aromatic nitrogens is 2. The molecule has 0 fully saturated rings. The van der Waals surface area contributed by atoms with Crippen LogP contribution in [-0.2, 0) is 17.8 Å². The molecule has 0 aromatic carbocycles. The van der Waals surface area contributed by atoms with Crippen LogP contribution >= 0.6 is 0 Å². The fraction of sp³-hybridized carbons (Fsp3) is 0.600. The average Bonchev–Trinajstić information content (AvgIpc) is 2.58. The Balaban J connectivity index is 2.77. The van der Waals surface area contributed by atoms with E-state index in [4.69, 9.17) is 4.74 Å². The maximum Gasteiger partial charge on any atom is 0.160 e. The molecule has 0 aliphatic rings. The smallest absolute Gasteiger partial charge is 0.160 e. The van der Waals surface area contributed by atoms with Gasteiger partial charge in [-0.1, -0.05) is 0 Å². The van der Waals surface area contributed by atoms with E-state index in [-0.39, 0.29) is 0 Å². The maximum absolute atomic E-state index is 10.5. The number of hydrogen-bond acceptors (Lipinski definition) is 4. The summed E-state index contributed by atoms with van der Waals surface area (Å²) in [6.07, 6.45) is 2.86. The highest BCUT2D eigenvalue weighted by Crippen LogP contribution is 2.17. The molecule has 0 atom stereocenters. The molecule has 0 aliphatic heterocycles. The second-order valence-corrected chi connectivity index (χ2v) is 3.56. The molecule has 1 aromatic heterocycles. The predicted octanol–water partition coefficient (Wildman–Crippen LogP) is 0.195. The summed E-state index contributed by atoms with van der Waals surface area (Å²) in [6, 6.07) is 0. The van der Waals surface area contributed by atoms with Crippen molar-refractivity contribution in [3.8, 4) is 5.75 Å². The molecule has 0 amide bonds. The molecule has 5 nitrogen and oxygen atoms in total. The highest BCUT2D eigenvalue weighted by molar-refractivity contribution is 5.55. The van der Waals surface area contributed by atoms with Crippen molar-refractivity contribution >= 4 is 6.29 Å². The topological polar surface area (TPSA) is 47.4 Å². The number of aldehydes is 1. The van der Waals surface area contributed by atoms with Crippen molar-refractivity contribution < 1.29 is 9.53 Å². The summed E-state index contributed by atoms with van der Waals surface area (Å²) in [6.45, 7) is 1.65. The van der Waals surface area contributed by atoms with E-state index in [0.717, 1.165) is 25.1 Å². The van der Waals surface area contributed by atoms with Crippen LogP contribution in [-0.4, -0.2) is 48.7 Å². The summed E-state index contributed by atoms with van der Waals surface area (Å²) in [5, 5.41) is 4.18. The Morgan fingerprint density at radius 2 is 2.33 bits per heavy atom. The average molecular weight is 211 g/mol. The van der Waals surface area contributed by atoms with Crippen LogP contribution < -0.4 is 4.74 Å². The van der Waals surface area contributed by atoms with Crippen molar-refractivity contribution in [2.24, 2.45) is 0 Å². The minimum absolute atomic E-state index is 0.344. The van der Waals surface area contributed by atoms with Crippen molar-refractivity contribution in [1.82, 2.24) is 14.7 Å². The van der Waals surface area contributed by atoms with Gasteiger partial charge >= 0.3 is 0 Å². The van der Waals surface area contributed by atoms with Crippen molar-refractivity contribution in [2.75, 3.05) is 27.7 Å². The standard InChI is InChI=1S/C10H17N3O2/c1-12(2)5-6-13-9(4-7-14)10(15-3)8-11-13/h7-8H,4-6H2,1-3H3. The number of ether oxygens (including phenoxy) is 1. The van der Waals surface area contributed by atoms with Gasteiger partial charge in [0.1, 0.15) is 6.29 Å². The first kappa shape index (κ1) is 11.7. The Labute approximate surface area is 89.6 Å². The second kappa shape index (κ2) is 5.50. The van der Waals surface area contributed by atoms with E-state index in [1.165, 1.54) is 0 Å². The lowest BCUT2D eigenvalue weighted by Gasteiger charge is -2.11. The van der Waals surface area contributed by atoms with Gasteiger partial charge in [0.05, 0.1) is 25.5 Å². The number of nitrogens with zero attached hydrogens (tertiary/aromatic N) is 3. The summed E-state index contributed by atoms with van der Waals surface area (Å²) in [5.74, 6) is 0.681. The minimum atomic E-state index is 0.344. The van der Waals surface area contributed by atoms with Crippen LogP contribution in [0, 0.1) is 0 Å². The van der Waals surface area contributed by atoms with Gasteiger partial charge in [0, 0.05) is 13.0 Å². The fourth-order valence-corrected chi connectivity index (χ4v) is 1.34. The molecule has 0 saturated heterocycles. The van der Waals surface area contributed by atoms with Gasteiger partial charge in [-0.2, -0.15) is 5.10 Å². The Morgan fingerprint density at radius 3 is 2.87 bits per heavy atom. The summed E-state index contributed by atoms with van der Waals surface area (Å²) in [7, 11) is 5.59. The van der Waals surface area contributed by atoms with E-state index < -0.39 is 0 Å². The Hall–Kier alpha value is -1.36. The van der Waals surface area contributed by atoms with Crippen LogP contribution in [0.2, 0.25) is 0 Å². The van der Waals surface area contributed by atoms with E-state index in [1.54, 1.807) is 13.3 Å². The minimum Gasteiger partial charge on any atom is -0.493 e. The summed E-state index contributed by atoms with van der Waals surface area (Å²) < 4.78 is 6.94.